The lowest BCUT2D eigenvalue weighted by atomic mass is 9.99. The van der Waals surface area contributed by atoms with Gasteiger partial charge >= 0.3 is 0 Å². The maximum atomic E-state index is 13.3. The SMILES string of the molecule is Cc1cc(C)cc(-c2cncc(C(=O)Nc3cccc(C(N)=O)c3)c2OCCC2CCCCN2)c1. The van der Waals surface area contributed by atoms with E-state index in [0.29, 0.717) is 35.2 Å². The van der Waals surface area contributed by atoms with Crippen molar-refractivity contribution in [1.29, 1.82) is 0 Å². The first-order valence-corrected chi connectivity index (χ1v) is 12.0. The van der Waals surface area contributed by atoms with Crippen molar-refractivity contribution in [3.05, 3.63) is 77.1 Å². The molecule has 35 heavy (non-hydrogen) atoms. The Hall–Kier alpha value is -3.71. The van der Waals surface area contributed by atoms with Crippen molar-refractivity contribution in [3.8, 4) is 16.9 Å². The first-order chi connectivity index (χ1) is 16.9. The van der Waals surface area contributed by atoms with E-state index in [4.69, 9.17) is 10.5 Å². The Kier molecular flexibility index (Phi) is 7.77. The number of nitrogens with zero attached hydrogens (tertiary/aromatic N) is 1. The number of piperidine rings is 1. The van der Waals surface area contributed by atoms with Crippen LogP contribution in [0, 0.1) is 13.8 Å². The van der Waals surface area contributed by atoms with Gasteiger partial charge in [-0.3, -0.25) is 14.6 Å². The number of hydrogen-bond donors (Lipinski definition) is 3. The van der Waals surface area contributed by atoms with Crippen molar-refractivity contribution < 1.29 is 14.3 Å². The molecule has 1 atom stereocenters. The molecular formula is C28H32N4O3. The Bertz CT molecular complexity index is 1200. The van der Waals surface area contributed by atoms with Crippen LogP contribution in [0.3, 0.4) is 0 Å². The molecule has 0 spiro atoms. The van der Waals surface area contributed by atoms with Gasteiger partial charge in [-0.25, -0.2) is 0 Å². The van der Waals surface area contributed by atoms with Crippen LogP contribution in [0.15, 0.2) is 54.9 Å². The highest BCUT2D eigenvalue weighted by molar-refractivity contribution is 6.07. The molecule has 0 saturated carbocycles. The maximum absolute atomic E-state index is 13.3. The van der Waals surface area contributed by atoms with Crippen LogP contribution in [0.1, 0.15) is 57.5 Å². The van der Waals surface area contributed by atoms with Crippen LogP contribution >= 0.6 is 0 Å². The number of benzene rings is 2. The maximum Gasteiger partial charge on any atom is 0.261 e. The van der Waals surface area contributed by atoms with Crippen molar-refractivity contribution in [3.63, 3.8) is 0 Å². The Labute approximate surface area is 206 Å². The number of nitrogens with two attached hydrogens (primary N) is 1. The molecule has 2 amide bonds. The molecule has 0 radical (unpaired) electrons. The third kappa shape index (κ3) is 6.25. The number of ether oxygens (including phenoxy) is 1. The molecule has 2 aromatic carbocycles. The van der Waals surface area contributed by atoms with Gasteiger partial charge in [0.15, 0.2) is 0 Å². The molecule has 2 heterocycles. The first kappa shape index (κ1) is 24.4. The van der Waals surface area contributed by atoms with Crippen molar-refractivity contribution in [2.45, 2.75) is 45.6 Å². The second kappa shape index (κ2) is 11.1. The number of anilines is 1. The molecule has 1 aliphatic rings. The number of aromatic nitrogens is 1. The van der Waals surface area contributed by atoms with E-state index >= 15 is 0 Å². The van der Waals surface area contributed by atoms with Gasteiger partial charge in [0.25, 0.3) is 5.91 Å². The van der Waals surface area contributed by atoms with Gasteiger partial charge in [-0.05, 0) is 63.4 Å². The van der Waals surface area contributed by atoms with Crippen LogP contribution in [0.4, 0.5) is 5.69 Å². The molecule has 1 unspecified atom stereocenters. The van der Waals surface area contributed by atoms with E-state index in [0.717, 1.165) is 41.6 Å². The molecule has 1 aromatic heterocycles. The number of pyridine rings is 1. The molecule has 1 aliphatic heterocycles. The zero-order valence-corrected chi connectivity index (χ0v) is 20.3. The molecule has 4 rings (SSSR count). The molecule has 1 fully saturated rings. The molecule has 1 saturated heterocycles. The van der Waals surface area contributed by atoms with E-state index < -0.39 is 5.91 Å². The number of rotatable bonds is 8. The summed E-state index contributed by atoms with van der Waals surface area (Å²) in [6.45, 7) is 5.60. The normalized spacial score (nSPS) is 15.4. The van der Waals surface area contributed by atoms with Gasteiger partial charge in [-0.2, -0.15) is 0 Å². The van der Waals surface area contributed by atoms with E-state index in [1.165, 1.54) is 19.0 Å². The van der Waals surface area contributed by atoms with Gasteiger partial charge in [0, 0.05) is 35.2 Å². The first-order valence-electron chi connectivity index (χ1n) is 12.0. The molecule has 3 aromatic rings. The van der Waals surface area contributed by atoms with Crippen LogP contribution in [0.25, 0.3) is 11.1 Å². The smallest absolute Gasteiger partial charge is 0.261 e. The Morgan fingerprint density at radius 1 is 1.11 bits per heavy atom. The number of aryl methyl sites for hydroxylation is 2. The zero-order chi connectivity index (χ0) is 24.8. The van der Waals surface area contributed by atoms with Gasteiger partial charge in [0.05, 0.1) is 6.61 Å². The zero-order valence-electron chi connectivity index (χ0n) is 20.3. The summed E-state index contributed by atoms with van der Waals surface area (Å²) in [6.07, 6.45) is 7.68. The van der Waals surface area contributed by atoms with Crippen molar-refractivity contribution in [2.75, 3.05) is 18.5 Å². The number of carbonyl (C=O) groups is 2. The van der Waals surface area contributed by atoms with Crippen molar-refractivity contribution in [2.24, 2.45) is 5.73 Å². The van der Waals surface area contributed by atoms with Gasteiger partial charge < -0.3 is 21.1 Å². The minimum atomic E-state index is -0.556. The summed E-state index contributed by atoms with van der Waals surface area (Å²) in [5, 5.41) is 6.40. The highest BCUT2D eigenvalue weighted by Gasteiger charge is 2.20. The van der Waals surface area contributed by atoms with Crippen LogP contribution in [-0.4, -0.2) is 36.0 Å². The minimum Gasteiger partial charge on any atom is -0.492 e. The van der Waals surface area contributed by atoms with E-state index in [1.54, 1.807) is 30.5 Å². The van der Waals surface area contributed by atoms with Gasteiger partial charge in [0.2, 0.25) is 5.91 Å². The molecule has 0 bridgehead atoms. The molecule has 0 aliphatic carbocycles. The average Bonchev–Trinajstić information content (AvgIpc) is 2.84. The van der Waals surface area contributed by atoms with Gasteiger partial charge in [-0.1, -0.05) is 41.8 Å². The molecule has 7 heteroatoms. The largest absolute Gasteiger partial charge is 0.492 e. The van der Waals surface area contributed by atoms with E-state index in [2.05, 4.69) is 33.8 Å². The predicted molar refractivity (Wildman–Crippen MR) is 138 cm³/mol. The van der Waals surface area contributed by atoms with Crippen LogP contribution in [-0.2, 0) is 0 Å². The lowest BCUT2D eigenvalue weighted by Crippen LogP contribution is -2.35. The monoisotopic (exact) mass is 472 g/mol. The third-order valence-electron chi connectivity index (χ3n) is 6.20. The lowest BCUT2D eigenvalue weighted by Gasteiger charge is -2.24. The Morgan fingerprint density at radius 2 is 1.91 bits per heavy atom. The molecular weight excluding hydrogens is 440 g/mol. The van der Waals surface area contributed by atoms with Crippen LogP contribution in [0.2, 0.25) is 0 Å². The molecule has 4 N–H and O–H groups in total. The number of primary amides is 1. The minimum absolute atomic E-state index is 0.321. The van der Waals surface area contributed by atoms with Crippen LogP contribution < -0.4 is 21.1 Å². The van der Waals surface area contributed by atoms with Gasteiger partial charge in [-0.15, -0.1) is 0 Å². The Balaban J connectivity index is 1.65. The highest BCUT2D eigenvalue weighted by atomic mass is 16.5. The highest BCUT2D eigenvalue weighted by Crippen LogP contribution is 2.34. The van der Waals surface area contributed by atoms with E-state index in [-0.39, 0.29) is 5.91 Å². The number of amides is 2. The van der Waals surface area contributed by atoms with Gasteiger partial charge in [0.1, 0.15) is 11.3 Å². The standard InChI is InChI=1S/C28H32N4O3/c1-18-12-19(2)14-21(13-18)24-16-30-17-25(26(24)35-11-9-22-7-3-4-10-31-22)28(34)32-23-8-5-6-20(15-23)27(29)33/h5-6,8,12-17,22,31H,3-4,7,9-11H2,1-2H3,(H2,29,33)(H,32,34). The second-order valence-electron chi connectivity index (χ2n) is 9.12. The second-order valence-corrected chi connectivity index (χ2v) is 9.12. The quantitative estimate of drug-likeness (QED) is 0.443. The summed E-state index contributed by atoms with van der Waals surface area (Å²) in [5.41, 5.74) is 10.5. The summed E-state index contributed by atoms with van der Waals surface area (Å²) >= 11 is 0. The fourth-order valence-corrected chi connectivity index (χ4v) is 4.52. The number of carbonyl (C=O) groups excluding carboxylic acids is 2. The molecule has 182 valence electrons. The summed E-state index contributed by atoms with van der Waals surface area (Å²) < 4.78 is 6.31. The van der Waals surface area contributed by atoms with Crippen LogP contribution in [0.5, 0.6) is 5.75 Å². The topological polar surface area (TPSA) is 106 Å². The Morgan fingerprint density at radius 3 is 2.63 bits per heavy atom. The van der Waals surface area contributed by atoms with E-state index in [9.17, 15) is 9.59 Å². The average molecular weight is 473 g/mol. The summed E-state index contributed by atoms with van der Waals surface area (Å²) in [7, 11) is 0. The fourth-order valence-electron chi connectivity index (χ4n) is 4.52. The van der Waals surface area contributed by atoms with Crippen molar-refractivity contribution >= 4 is 17.5 Å². The number of nitrogens with one attached hydrogen (secondary N) is 2. The summed E-state index contributed by atoms with van der Waals surface area (Å²) in [4.78, 5) is 29.2. The summed E-state index contributed by atoms with van der Waals surface area (Å²) in [6, 6.07) is 13.2. The van der Waals surface area contributed by atoms with Crippen molar-refractivity contribution in [1.82, 2.24) is 10.3 Å². The third-order valence-corrected chi connectivity index (χ3v) is 6.20. The molecule has 7 nitrogen and oxygen atoms in total. The fraction of sp³-hybridized carbons (Fsp3) is 0.321. The lowest BCUT2D eigenvalue weighted by molar-refractivity contribution is 0.0995. The summed E-state index contributed by atoms with van der Waals surface area (Å²) in [5.74, 6) is -0.416. The number of hydrogen-bond acceptors (Lipinski definition) is 5. The predicted octanol–water partition coefficient (Wildman–Crippen LogP) is 4.63. The van der Waals surface area contributed by atoms with E-state index in [1.807, 2.05) is 13.8 Å².